The Balaban J connectivity index is 2.61. The number of rotatable bonds is 5. The second-order valence-corrected chi connectivity index (χ2v) is 4.77. The Morgan fingerprint density at radius 1 is 1.50 bits per heavy atom. The normalized spacial score (nSPS) is 10.2. The van der Waals surface area contributed by atoms with Crippen molar-refractivity contribution in [3.05, 3.63) is 28.2 Å². The fourth-order valence-electron chi connectivity index (χ4n) is 1.58. The molecule has 0 heterocycles. The molecule has 0 aromatic heterocycles. The Kier molecular flexibility index (Phi) is 4.80. The standard InChI is InChI=1S/C12H16BrNO2/c1-9-5-6-10(13)8-11(9)14(2)7-3-4-12(15)16/h5-6,8H,3-4,7H2,1-2H3,(H,15,16). The van der Waals surface area contributed by atoms with Crippen molar-refractivity contribution in [3.8, 4) is 0 Å². The summed E-state index contributed by atoms with van der Waals surface area (Å²) in [6, 6.07) is 6.10. The summed E-state index contributed by atoms with van der Waals surface area (Å²) in [6.07, 6.45) is 0.884. The van der Waals surface area contributed by atoms with E-state index in [4.69, 9.17) is 5.11 Å². The molecule has 0 atom stereocenters. The number of carbonyl (C=O) groups is 1. The molecule has 4 heteroatoms. The van der Waals surface area contributed by atoms with Crippen molar-refractivity contribution in [3.63, 3.8) is 0 Å². The van der Waals surface area contributed by atoms with E-state index < -0.39 is 5.97 Å². The van der Waals surface area contributed by atoms with Gasteiger partial charge in [0.05, 0.1) is 0 Å². The molecule has 0 radical (unpaired) electrons. The lowest BCUT2D eigenvalue weighted by molar-refractivity contribution is -0.137. The predicted octanol–water partition coefficient (Wildman–Crippen LogP) is 3.06. The number of hydrogen-bond acceptors (Lipinski definition) is 2. The Morgan fingerprint density at radius 3 is 2.81 bits per heavy atom. The molecular formula is C12H16BrNO2. The fraction of sp³-hybridized carbons (Fsp3) is 0.417. The van der Waals surface area contributed by atoms with E-state index in [0.29, 0.717) is 6.42 Å². The molecular weight excluding hydrogens is 270 g/mol. The Labute approximate surface area is 104 Å². The van der Waals surface area contributed by atoms with Gasteiger partial charge in [-0.1, -0.05) is 22.0 Å². The lowest BCUT2D eigenvalue weighted by Crippen LogP contribution is -2.20. The van der Waals surface area contributed by atoms with Gasteiger partial charge in [-0.3, -0.25) is 4.79 Å². The molecule has 0 aliphatic rings. The number of nitrogens with zero attached hydrogens (tertiary/aromatic N) is 1. The van der Waals surface area contributed by atoms with E-state index in [-0.39, 0.29) is 6.42 Å². The minimum atomic E-state index is -0.737. The molecule has 0 spiro atoms. The van der Waals surface area contributed by atoms with Gasteiger partial charge < -0.3 is 10.0 Å². The van der Waals surface area contributed by atoms with Crippen LogP contribution in [0.1, 0.15) is 18.4 Å². The van der Waals surface area contributed by atoms with Crippen molar-refractivity contribution in [1.29, 1.82) is 0 Å². The second-order valence-electron chi connectivity index (χ2n) is 3.85. The highest BCUT2D eigenvalue weighted by atomic mass is 79.9. The molecule has 0 saturated heterocycles. The van der Waals surface area contributed by atoms with Crippen LogP contribution in [0.3, 0.4) is 0 Å². The van der Waals surface area contributed by atoms with Crippen molar-refractivity contribution in [2.45, 2.75) is 19.8 Å². The number of benzene rings is 1. The van der Waals surface area contributed by atoms with Crippen LogP contribution in [0.5, 0.6) is 0 Å². The lowest BCUT2D eigenvalue weighted by atomic mass is 10.2. The van der Waals surface area contributed by atoms with Gasteiger partial charge >= 0.3 is 5.97 Å². The first kappa shape index (κ1) is 13.0. The van der Waals surface area contributed by atoms with Crippen LogP contribution in [0.2, 0.25) is 0 Å². The van der Waals surface area contributed by atoms with E-state index in [9.17, 15) is 4.79 Å². The topological polar surface area (TPSA) is 40.5 Å². The van der Waals surface area contributed by atoms with Gasteiger partial charge in [-0.15, -0.1) is 0 Å². The van der Waals surface area contributed by atoms with Gasteiger partial charge in [0.1, 0.15) is 0 Å². The first-order chi connectivity index (χ1) is 7.50. The quantitative estimate of drug-likeness (QED) is 0.904. The molecule has 0 saturated carbocycles. The molecule has 3 nitrogen and oxygen atoms in total. The number of halogens is 1. The molecule has 0 unspecified atom stereocenters. The van der Waals surface area contributed by atoms with Crippen LogP contribution in [0.4, 0.5) is 5.69 Å². The third kappa shape index (κ3) is 3.85. The molecule has 1 N–H and O–H groups in total. The number of aryl methyl sites for hydroxylation is 1. The Bertz CT molecular complexity index is 379. The van der Waals surface area contributed by atoms with Gasteiger partial charge in [0.25, 0.3) is 0 Å². The van der Waals surface area contributed by atoms with Crippen molar-refractivity contribution < 1.29 is 9.90 Å². The zero-order valence-corrected chi connectivity index (χ0v) is 11.1. The average molecular weight is 286 g/mol. The maximum absolute atomic E-state index is 10.4. The van der Waals surface area contributed by atoms with Gasteiger partial charge in [-0.05, 0) is 31.0 Å². The summed E-state index contributed by atoms with van der Waals surface area (Å²) in [5, 5.41) is 8.57. The van der Waals surface area contributed by atoms with E-state index in [0.717, 1.165) is 16.7 Å². The maximum atomic E-state index is 10.4. The number of aliphatic carboxylic acids is 1. The van der Waals surface area contributed by atoms with Crippen molar-refractivity contribution in [2.75, 3.05) is 18.5 Å². The van der Waals surface area contributed by atoms with Crippen LogP contribution in [-0.2, 0) is 4.79 Å². The highest BCUT2D eigenvalue weighted by Gasteiger charge is 2.06. The molecule has 1 rings (SSSR count). The minimum absolute atomic E-state index is 0.220. The van der Waals surface area contributed by atoms with E-state index in [1.807, 2.05) is 19.2 Å². The smallest absolute Gasteiger partial charge is 0.303 e. The summed E-state index contributed by atoms with van der Waals surface area (Å²) in [7, 11) is 1.98. The number of anilines is 1. The van der Waals surface area contributed by atoms with Crippen LogP contribution in [0.25, 0.3) is 0 Å². The fourth-order valence-corrected chi connectivity index (χ4v) is 1.93. The number of carboxylic acid groups (broad SMARTS) is 1. The first-order valence-corrected chi connectivity index (χ1v) is 5.99. The van der Waals surface area contributed by atoms with Gasteiger partial charge in [0.15, 0.2) is 0 Å². The molecule has 0 aliphatic heterocycles. The second kappa shape index (κ2) is 5.89. The van der Waals surface area contributed by atoms with Gasteiger partial charge in [0.2, 0.25) is 0 Å². The van der Waals surface area contributed by atoms with E-state index in [1.54, 1.807) is 0 Å². The molecule has 0 fully saturated rings. The van der Waals surface area contributed by atoms with Crippen LogP contribution in [-0.4, -0.2) is 24.7 Å². The largest absolute Gasteiger partial charge is 0.481 e. The summed E-state index contributed by atoms with van der Waals surface area (Å²) in [5.74, 6) is -0.737. The van der Waals surface area contributed by atoms with E-state index in [2.05, 4.69) is 33.8 Å². The number of carboxylic acids is 1. The van der Waals surface area contributed by atoms with E-state index >= 15 is 0 Å². The van der Waals surface area contributed by atoms with Crippen LogP contribution in [0.15, 0.2) is 22.7 Å². The SMILES string of the molecule is Cc1ccc(Br)cc1N(C)CCCC(=O)O. The third-order valence-electron chi connectivity index (χ3n) is 2.47. The monoisotopic (exact) mass is 285 g/mol. The zero-order valence-electron chi connectivity index (χ0n) is 9.53. The molecule has 16 heavy (non-hydrogen) atoms. The number of hydrogen-bond donors (Lipinski definition) is 1. The summed E-state index contributed by atoms with van der Waals surface area (Å²) in [6.45, 7) is 2.80. The van der Waals surface area contributed by atoms with Crippen LogP contribution < -0.4 is 4.90 Å². The molecule has 1 aromatic rings. The Morgan fingerprint density at radius 2 is 2.19 bits per heavy atom. The summed E-state index contributed by atoms with van der Waals surface area (Å²) < 4.78 is 1.04. The van der Waals surface area contributed by atoms with Gasteiger partial charge in [0, 0.05) is 30.2 Å². The van der Waals surface area contributed by atoms with Gasteiger partial charge in [-0.25, -0.2) is 0 Å². The minimum Gasteiger partial charge on any atom is -0.481 e. The summed E-state index contributed by atoms with van der Waals surface area (Å²) >= 11 is 3.44. The average Bonchev–Trinajstić information content (AvgIpc) is 2.21. The van der Waals surface area contributed by atoms with E-state index in [1.165, 1.54) is 5.56 Å². The molecule has 88 valence electrons. The third-order valence-corrected chi connectivity index (χ3v) is 2.96. The lowest BCUT2D eigenvalue weighted by Gasteiger charge is -2.21. The highest BCUT2D eigenvalue weighted by Crippen LogP contribution is 2.23. The maximum Gasteiger partial charge on any atom is 0.303 e. The molecule has 1 aromatic carbocycles. The first-order valence-electron chi connectivity index (χ1n) is 5.20. The highest BCUT2D eigenvalue weighted by molar-refractivity contribution is 9.10. The zero-order chi connectivity index (χ0) is 12.1. The van der Waals surface area contributed by atoms with Crippen molar-refractivity contribution >= 4 is 27.6 Å². The molecule has 0 aliphatic carbocycles. The van der Waals surface area contributed by atoms with Crippen molar-refractivity contribution in [1.82, 2.24) is 0 Å². The van der Waals surface area contributed by atoms with Crippen molar-refractivity contribution in [2.24, 2.45) is 0 Å². The predicted molar refractivity (Wildman–Crippen MR) is 69.0 cm³/mol. The van der Waals surface area contributed by atoms with Crippen LogP contribution in [0, 0.1) is 6.92 Å². The Hall–Kier alpha value is -1.03. The molecule has 0 amide bonds. The summed E-state index contributed by atoms with van der Waals surface area (Å²) in [4.78, 5) is 12.5. The van der Waals surface area contributed by atoms with Gasteiger partial charge in [-0.2, -0.15) is 0 Å². The summed E-state index contributed by atoms with van der Waals surface area (Å²) in [5.41, 5.74) is 2.33. The molecule has 0 bridgehead atoms. The van der Waals surface area contributed by atoms with Crippen LogP contribution >= 0.6 is 15.9 Å².